The summed E-state index contributed by atoms with van der Waals surface area (Å²) in [6.07, 6.45) is 0. The van der Waals surface area contributed by atoms with Gasteiger partial charge in [-0.25, -0.2) is 4.98 Å². The van der Waals surface area contributed by atoms with Gasteiger partial charge in [-0.3, -0.25) is 0 Å². The van der Waals surface area contributed by atoms with Gasteiger partial charge in [0.25, 0.3) is 0 Å². The van der Waals surface area contributed by atoms with E-state index in [1.807, 2.05) is 6.92 Å². The first-order valence-electron chi connectivity index (χ1n) is 5.21. The van der Waals surface area contributed by atoms with Gasteiger partial charge in [0.2, 0.25) is 0 Å². The minimum atomic E-state index is 0.414. The summed E-state index contributed by atoms with van der Waals surface area (Å²) in [4.78, 5) is 4.36. The molecular formula is C11H16N4. The Bertz CT molecular complexity index is 511. The molecule has 2 rings (SSSR count). The lowest BCUT2D eigenvalue weighted by atomic mass is 10.0. The molecule has 0 aromatic carbocycles. The topological polar surface area (TPSA) is 43.1 Å². The smallest absolute Gasteiger partial charge is 0.179 e. The fourth-order valence-corrected chi connectivity index (χ4v) is 1.79. The van der Waals surface area contributed by atoms with Gasteiger partial charge in [0, 0.05) is 5.56 Å². The third kappa shape index (κ3) is 1.50. The maximum Gasteiger partial charge on any atom is 0.179 e. The van der Waals surface area contributed by atoms with Crippen molar-refractivity contribution in [1.29, 1.82) is 0 Å². The number of nitrogens with zero attached hydrogens (tertiary/aromatic N) is 4. The Hall–Kier alpha value is -1.45. The zero-order valence-electron chi connectivity index (χ0n) is 9.87. The third-order valence-corrected chi connectivity index (χ3v) is 2.73. The Morgan fingerprint density at radius 3 is 2.27 bits per heavy atom. The second kappa shape index (κ2) is 3.29. The summed E-state index contributed by atoms with van der Waals surface area (Å²) in [6.45, 7) is 10.3. The summed E-state index contributed by atoms with van der Waals surface area (Å²) >= 11 is 0. The van der Waals surface area contributed by atoms with E-state index in [1.165, 1.54) is 11.1 Å². The zero-order chi connectivity index (χ0) is 11.2. The average Bonchev–Trinajstić information content (AvgIpc) is 2.52. The second-order valence-corrected chi connectivity index (χ2v) is 4.26. The fourth-order valence-electron chi connectivity index (χ4n) is 1.79. The van der Waals surface area contributed by atoms with Crippen molar-refractivity contribution in [3.8, 4) is 0 Å². The van der Waals surface area contributed by atoms with E-state index in [4.69, 9.17) is 0 Å². The highest BCUT2D eigenvalue weighted by atomic mass is 15.4. The number of aryl methyl sites for hydroxylation is 2. The molecule has 0 fully saturated rings. The molecule has 4 heteroatoms. The van der Waals surface area contributed by atoms with E-state index >= 15 is 0 Å². The maximum absolute atomic E-state index is 4.50. The van der Waals surface area contributed by atoms with Crippen LogP contribution < -0.4 is 0 Å². The van der Waals surface area contributed by atoms with E-state index < -0.39 is 0 Å². The molecule has 0 saturated heterocycles. The number of aromatic nitrogens is 4. The molecule has 0 aliphatic heterocycles. The molecule has 2 heterocycles. The quantitative estimate of drug-likeness (QED) is 0.715. The van der Waals surface area contributed by atoms with Crippen LogP contribution in [0.2, 0.25) is 0 Å². The van der Waals surface area contributed by atoms with Crippen molar-refractivity contribution < 1.29 is 0 Å². The highest BCUT2D eigenvalue weighted by Gasteiger charge is 2.13. The van der Waals surface area contributed by atoms with Crippen LogP contribution in [-0.4, -0.2) is 19.8 Å². The first-order chi connectivity index (χ1) is 7.00. The molecule has 4 nitrogen and oxygen atoms in total. The van der Waals surface area contributed by atoms with E-state index in [2.05, 4.69) is 42.9 Å². The number of fused-ring (bicyclic) bond motifs is 1. The molecular weight excluding hydrogens is 188 g/mol. The van der Waals surface area contributed by atoms with Crippen molar-refractivity contribution in [2.75, 3.05) is 0 Å². The van der Waals surface area contributed by atoms with Crippen molar-refractivity contribution in [1.82, 2.24) is 19.8 Å². The predicted octanol–water partition coefficient (Wildman–Crippen LogP) is 2.17. The highest BCUT2D eigenvalue weighted by molar-refractivity contribution is 5.50. The SMILES string of the molecule is Cc1nc2c(C)c(C)c(C(C)C)nn2n1. The van der Waals surface area contributed by atoms with E-state index in [1.54, 1.807) is 4.63 Å². The standard InChI is InChI=1S/C11H16N4/c1-6(2)10-7(3)8(4)11-12-9(5)13-15(11)14-10/h6H,1-5H3. The van der Waals surface area contributed by atoms with Crippen molar-refractivity contribution >= 4 is 5.65 Å². The van der Waals surface area contributed by atoms with Gasteiger partial charge >= 0.3 is 0 Å². The van der Waals surface area contributed by atoms with Gasteiger partial charge in [0.05, 0.1) is 5.69 Å². The Labute approximate surface area is 89.3 Å². The molecule has 0 saturated carbocycles. The van der Waals surface area contributed by atoms with Gasteiger partial charge in [0.15, 0.2) is 5.65 Å². The molecule has 0 aliphatic rings. The van der Waals surface area contributed by atoms with Crippen LogP contribution in [0.3, 0.4) is 0 Å². The van der Waals surface area contributed by atoms with Crippen LogP contribution in [0.25, 0.3) is 5.65 Å². The number of hydrogen-bond acceptors (Lipinski definition) is 3. The number of rotatable bonds is 1. The lowest BCUT2D eigenvalue weighted by Gasteiger charge is -2.10. The van der Waals surface area contributed by atoms with Crippen LogP contribution in [0.1, 0.15) is 42.4 Å². The van der Waals surface area contributed by atoms with Crippen LogP contribution in [0.5, 0.6) is 0 Å². The summed E-state index contributed by atoms with van der Waals surface area (Å²) < 4.78 is 1.65. The predicted molar refractivity (Wildman–Crippen MR) is 59.1 cm³/mol. The number of hydrogen-bond donors (Lipinski definition) is 0. The van der Waals surface area contributed by atoms with Gasteiger partial charge in [-0.1, -0.05) is 13.8 Å². The molecule has 15 heavy (non-hydrogen) atoms. The Balaban J connectivity index is 2.81. The first-order valence-corrected chi connectivity index (χ1v) is 5.21. The van der Waals surface area contributed by atoms with Crippen LogP contribution >= 0.6 is 0 Å². The highest BCUT2D eigenvalue weighted by Crippen LogP contribution is 2.21. The van der Waals surface area contributed by atoms with Gasteiger partial charge in [-0.2, -0.15) is 5.10 Å². The normalized spacial score (nSPS) is 11.6. The molecule has 0 unspecified atom stereocenters. The summed E-state index contributed by atoms with van der Waals surface area (Å²) in [5.41, 5.74) is 4.37. The molecule has 80 valence electrons. The van der Waals surface area contributed by atoms with E-state index in [0.717, 1.165) is 17.2 Å². The second-order valence-electron chi connectivity index (χ2n) is 4.26. The monoisotopic (exact) mass is 204 g/mol. The largest absolute Gasteiger partial charge is 0.210 e. The average molecular weight is 204 g/mol. The van der Waals surface area contributed by atoms with Crippen LogP contribution in [0.4, 0.5) is 0 Å². The summed E-state index contributed by atoms with van der Waals surface area (Å²) in [5.74, 6) is 1.18. The van der Waals surface area contributed by atoms with Crippen LogP contribution in [-0.2, 0) is 0 Å². The van der Waals surface area contributed by atoms with E-state index in [-0.39, 0.29) is 0 Å². The van der Waals surface area contributed by atoms with Gasteiger partial charge < -0.3 is 0 Å². The molecule has 2 aromatic heterocycles. The molecule has 0 spiro atoms. The lowest BCUT2D eigenvalue weighted by molar-refractivity contribution is 0.699. The zero-order valence-corrected chi connectivity index (χ0v) is 9.87. The molecule has 0 radical (unpaired) electrons. The van der Waals surface area contributed by atoms with E-state index in [9.17, 15) is 0 Å². The molecule has 2 aromatic rings. The van der Waals surface area contributed by atoms with Crippen molar-refractivity contribution in [3.63, 3.8) is 0 Å². The molecule has 0 aliphatic carbocycles. The van der Waals surface area contributed by atoms with Crippen molar-refractivity contribution in [2.24, 2.45) is 0 Å². The molecule has 0 N–H and O–H groups in total. The molecule has 0 atom stereocenters. The van der Waals surface area contributed by atoms with Gasteiger partial charge in [-0.15, -0.1) is 9.73 Å². The summed E-state index contributed by atoms with van der Waals surface area (Å²) in [6, 6.07) is 0. The lowest BCUT2D eigenvalue weighted by Crippen LogP contribution is -2.06. The maximum atomic E-state index is 4.50. The molecule has 0 amide bonds. The summed E-state index contributed by atoms with van der Waals surface area (Å²) in [7, 11) is 0. The minimum Gasteiger partial charge on any atom is -0.210 e. The van der Waals surface area contributed by atoms with Gasteiger partial charge in [-0.05, 0) is 32.3 Å². The van der Waals surface area contributed by atoms with Crippen molar-refractivity contribution in [2.45, 2.75) is 40.5 Å². The Morgan fingerprint density at radius 2 is 1.67 bits per heavy atom. The third-order valence-electron chi connectivity index (χ3n) is 2.73. The van der Waals surface area contributed by atoms with Crippen LogP contribution in [0, 0.1) is 20.8 Å². The Kier molecular flexibility index (Phi) is 2.21. The van der Waals surface area contributed by atoms with E-state index in [0.29, 0.717) is 5.92 Å². The van der Waals surface area contributed by atoms with Crippen LogP contribution in [0.15, 0.2) is 0 Å². The minimum absolute atomic E-state index is 0.414. The van der Waals surface area contributed by atoms with Gasteiger partial charge in [0.1, 0.15) is 5.82 Å². The van der Waals surface area contributed by atoms with Crippen molar-refractivity contribution in [3.05, 3.63) is 22.6 Å². The fraction of sp³-hybridized carbons (Fsp3) is 0.545. The molecule has 0 bridgehead atoms. The first kappa shape index (κ1) is 10.1. The summed E-state index contributed by atoms with van der Waals surface area (Å²) in [5, 5.41) is 8.75. The Morgan fingerprint density at radius 1 is 1.00 bits per heavy atom.